The SMILES string of the molecule is CCNC(C=C(C)C)C(CC)(CC)N(CC)CC. The predicted octanol–water partition coefficient (Wildman–Crippen LogP) is 3.83. The van der Waals surface area contributed by atoms with Gasteiger partial charge in [0.1, 0.15) is 0 Å². The molecular formula is C16H34N2. The number of nitrogens with zero attached hydrogens (tertiary/aromatic N) is 1. The molecule has 2 nitrogen and oxygen atoms in total. The minimum Gasteiger partial charge on any atom is -0.309 e. The lowest BCUT2D eigenvalue weighted by atomic mass is 9.81. The molecule has 1 unspecified atom stereocenters. The normalized spacial score (nSPS) is 13.8. The Kier molecular flexibility index (Phi) is 8.54. The van der Waals surface area contributed by atoms with Crippen LogP contribution < -0.4 is 5.32 Å². The summed E-state index contributed by atoms with van der Waals surface area (Å²) in [5, 5.41) is 3.69. The van der Waals surface area contributed by atoms with E-state index in [1.165, 1.54) is 18.4 Å². The zero-order valence-electron chi connectivity index (χ0n) is 13.6. The summed E-state index contributed by atoms with van der Waals surface area (Å²) in [4.78, 5) is 2.62. The lowest BCUT2D eigenvalue weighted by Gasteiger charge is -2.47. The molecule has 0 rings (SSSR count). The fourth-order valence-corrected chi connectivity index (χ4v) is 3.14. The molecule has 2 heteroatoms. The van der Waals surface area contributed by atoms with Crippen molar-refractivity contribution in [1.82, 2.24) is 10.2 Å². The van der Waals surface area contributed by atoms with E-state index in [1.54, 1.807) is 0 Å². The van der Waals surface area contributed by atoms with Gasteiger partial charge in [-0.3, -0.25) is 4.90 Å². The highest BCUT2D eigenvalue weighted by atomic mass is 15.2. The number of hydrogen-bond donors (Lipinski definition) is 1. The molecule has 0 saturated heterocycles. The summed E-state index contributed by atoms with van der Waals surface area (Å²) in [6, 6.07) is 0.447. The third kappa shape index (κ3) is 4.10. The maximum atomic E-state index is 3.69. The van der Waals surface area contributed by atoms with Gasteiger partial charge in [-0.25, -0.2) is 0 Å². The average molecular weight is 254 g/mol. The Morgan fingerprint density at radius 2 is 1.56 bits per heavy atom. The van der Waals surface area contributed by atoms with Crippen molar-refractivity contribution in [2.45, 2.75) is 72.9 Å². The van der Waals surface area contributed by atoms with Crippen molar-refractivity contribution in [2.24, 2.45) is 0 Å². The van der Waals surface area contributed by atoms with E-state index in [-0.39, 0.29) is 5.54 Å². The zero-order chi connectivity index (χ0) is 14.2. The molecule has 0 aromatic carbocycles. The lowest BCUT2D eigenvalue weighted by Crippen LogP contribution is -2.60. The topological polar surface area (TPSA) is 15.3 Å². The molecule has 0 heterocycles. The predicted molar refractivity (Wildman–Crippen MR) is 83.1 cm³/mol. The summed E-state index contributed by atoms with van der Waals surface area (Å²) in [7, 11) is 0. The lowest BCUT2D eigenvalue weighted by molar-refractivity contribution is 0.0652. The molecule has 0 aliphatic carbocycles. The van der Waals surface area contributed by atoms with Gasteiger partial charge in [-0.05, 0) is 46.3 Å². The van der Waals surface area contributed by atoms with Crippen LogP contribution in [0.4, 0.5) is 0 Å². The van der Waals surface area contributed by atoms with E-state index in [0.717, 1.165) is 19.6 Å². The van der Waals surface area contributed by atoms with Crippen molar-refractivity contribution in [3.8, 4) is 0 Å². The second-order valence-electron chi connectivity index (χ2n) is 5.26. The molecule has 0 aliphatic rings. The molecule has 0 spiro atoms. The summed E-state index contributed by atoms with van der Waals surface area (Å²) in [6.07, 6.45) is 4.79. The smallest absolute Gasteiger partial charge is 0.0438 e. The van der Waals surface area contributed by atoms with Crippen LogP contribution in [0.25, 0.3) is 0 Å². The minimum atomic E-state index is 0.247. The fraction of sp³-hybridized carbons (Fsp3) is 0.875. The molecule has 0 aliphatic heterocycles. The van der Waals surface area contributed by atoms with Crippen LogP contribution in [0.5, 0.6) is 0 Å². The van der Waals surface area contributed by atoms with Crippen LogP contribution in [0, 0.1) is 0 Å². The first kappa shape index (κ1) is 17.7. The summed E-state index contributed by atoms with van der Waals surface area (Å²) >= 11 is 0. The van der Waals surface area contributed by atoms with Crippen molar-refractivity contribution in [2.75, 3.05) is 19.6 Å². The van der Waals surface area contributed by atoms with Gasteiger partial charge < -0.3 is 5.32 Å². The Morgan fingerprint density at radius 3 is 1.83 bits per heavy atom. The van der Waals surface area contributed by atoms with Crippen molar-refractivity contribution < 1.29 is 0 Å². The highest BCUT2D eigenvalue weighted by molar-refractivity contribution is 5.12. The monoisotopic (exact) mass is 254 g/mol. The Labute approximate surface area is 115 Å². The summed E-state index contributed by atoms with van der Waals surface area (Å²) in [5.41, 5.74) is 1.65. The fourth-order valence-electron chi connectivity index (χ4n) is 3.14. The van der Waals surface area contributed by atoms with Gasteiger partial charge in [-0.1, -0.05) is 46.3 Å². The quantitative estimate of drug-likeness (QED) is 0.629. The number of likely N-dealkylation sites (N-methyl/N-ethyl adjacent to an activating group) is 2. The molecule has 1 N–H and O–H groups in total. The van der Waals surface area contributed by atoms with Gasteiger partial charge in [0.2, 0.25) is 0 Å². The van der Waals surface area contributed by atoms with Gasteiger partial charge in [-0.15, -0.1) is 0 Å². The van der Waals surface area contributed by atoms with Crippen molar-refractivity contribution in [3.63, 3.8) is 0 Å². The third-order valence-corrected chi connectivity index (χ3v) is 4.12. The summed E-state index contributed by atoms with van der Waals surface area (Å²) in [5.74, 6) is 0. The number of allylic oxidation sites excluding steroid dienone is 1. The van der Waals surface area contributed by atoms with Crippen LogP contribution in [0.3, 0.4) is 0 Å². The van der Waals surface area contributed by atoms with Gasteiger partial charge in [0, 0.05) is 11.6 Å². The van der Waals surface area contributed by atoms with E-state index in [2.05, 4.69) is 64.8 Å². The van der Waals surface area contributed by atoms with E-state index >= 15 is 0 Å². The van der Waals surface area contributed by atoms with Crippen LogP contribution in [0.2, 0.25) is 0 Å². The number of rotatable bonds is 9. The molecule has 108 valence electrons. The third-order valence-electron chi connectivity index (χ3n) is 4.12. The van der Waals surface area contributed by atoms with Crippen LogP contribution in [0.15, 0.2) is 11.6 Å². The van der Waals surface area contributed by atoms with E-state index in [9.17, 15) is 0 Å². The molecule has 0 amide bonds. The standard InChI is InChI=1S/C16H34N2/c1-8-16(9-2,18(11-4)12-5)15(17-10-3)13-14(6)7/h13,15,17H,8-12H2,1-7H3. The van der Waals surface area contributed by atoms with E-state index in [4.69, 9.17) is 0 Å². The maximum absolute atomic E-state index is 3.69. The van der Waals surface area contributed by atoms with Crippen LogP contribution >= 0.6 is 0 Å². The van der Waals surface area contributed by atoms with Gasteiger partial charge in [0.05, 0.1) is 0 Å². The zero-order valence-corrected chi connectivity index (χ0v) is 13.6. The Bertz CT molecular complexity index is 233. The van der Waals surface area contributed by atoms with Crippen LogP contribution in [0.1, 0.15) is 61.3 Å². The first-order chi connectivity index (χ1) is 8.52. The Morgan fingerprint density at radius 1 is 1.06 bits per heavy atom. The molecule has 0 fully saturated rings. The van der Waals surface area contributed by atoms with Crippen LogP contribution in [-0.4, -0.2) is 36.1 Å². The molecular weight excluding hydrogens is 220 g/mol. The van der Waals surface area contributed by atoms with Gasteiger partial charge in [-0.2, -0.15) is 0 Å². The molecule has 0 radical (unpaired) electrons. The maximum Gasteiger partial charge on any atom is 0.0438 e. The van der Waals surface area contributed by atoms with Crippen molar-refractivity contribution in [3.05, 3.63) is 11.6 Å². The highest BCUT2D eigenvalue weighted by Crippen LogP contribution is 2.29. The molecule has 1 atom stereocenters. The highest BCUT2D eigenvalue weighted by Gasteiger charge is 2.38. The van der Waals surface area contributed by atoms with E-state index < -0.39 is 0 Å². The van der Waals surface area contributed by atoms with E-state index in [0.29, 0.717) is 6.04 Å². The molecule has 0 bridgehead atoms. The first-order valence-corrected chi connectivity index (χ1v) is 7.65. The molecule has 18 heavy (non-hydrogen) atoms. The second kappa shape index (κ2) is 8.71. The molecule has 0 aromatic heterocycles. The Hall–Kier alpha value is -0.340. The van der Waals surface area contributed by atoms with Gasteiger partial charge in [0.25, 0.3) is 0 Å². The molecule has 0 aromatic rings. The van der Waals surface area contributed by atoms with Crippen molar-refractivity contribution in [1.29, 1.82) is 0 Å². The van der Waals surface area contributed by atoms with Crippen LogP contribution in [-0.2, 0) is 0 Å². The second-order valence-corrected chi connectivity index (χ2v) is 5.26. The van der Waals surface area contributed by atoms with E-state index in [1.807, 2.05) is 0 Å². The minimum absolute atomic E-state index is 0.247. The largest absolute Gasteiger partial charge is 0.309 e. The van der Waals surface area contributed by atoms with Gasteiger partial charge in [0.15, 0.2) is 0 Å². The van der Waals surface area contributed by atoms with Crippen molar-refractivity contribution >= 4 is 0 Å². The number of nitrogens with one attached hydrogen (secondary N) is 1. The first-order valence-electron chi connectivity index (χ1n) is 7.65. The average Bonchev–Trinajstić information content (AvgIpc) is 2.35. The summed E-state index contributed by atoms with van der Waals surface area (Å²) < 4.78 is 0. The Balaban J connectivity index is 5.41. The number of hydrogen-bond acceptors (Lipinski definition) is 2. The summed E-state index contributed by atoms with van der Waals surface area (Å²) in [6.45, 7) is 19.1. The van der Waals surface area contributed by atoms with Gasteiger partial charge >= 0.3 is 0 Å². The molecule has 0 saturated carbocycles.